The maximum absolute atomic E-state index is 12.9. The van der Waals surface area contributed by atoms with Gasteiger partial charge < -0.3 is 10.0 Å². The number of carbonyl (C=O) groups excluding carboxylic acids is 1. The summed E-state index contributed by atoms with van der Waals surface area (Å²) in [5.41, 5.74) is 4.99. The van der Waals surface area contributed by atoms with Crippen LogP contribution in [0.5, 0.6) is 5.75 Å². The Kier molecular flexibility index (Phi) is 3.33. The zero-order chi connectivity index (χ0) is 16.0. The average molecular weight is 308 g/mol. The number of hydrogen-bond acceptors (Lipinski definition) is 4. The maximum Gasteiger partial charge on any atom is 0.215 e. The van der Waals surface area contributed by atoms with Gasteiger partial charge in [-0.1, -0.05) is 6.07 Å². The molecular weight excluding hydrogens is 288 g/mol. The van der Waals surface area contributed by atoms with E-state index in [2.05, 4.69) is 9.88 Å². The van der Waals surface area contributed by atoms with Crippen molar-refractivity contribution in [3.63, 3.8) is 0 Å². The minimum atomic E-state index is -0.178. The molecule has 4 rings (SSSR count). The summed E-state index contributed by atoms with van der Waals surface area (Å²) in [6.07, 6.45) is 5.57. The zero-order valence-corrected chi connectivity index (χ0v) is 13.3. The Morgan fingerprint density at radius 1 is 1.26 bits per heavy atom. The number of hydrogen-bond donors (Lipinski definition) is 1. The number of carbonyl (C=O) groups is 1. The minimum absolute atomic E-state index is 0.158. The second kappa shape index (κ2) is 5.37. The van der Waals surface area contributed by atoms with E-state index in [0.717, 1.165) is 49.9 Å². The normalized spacial score (nSPS) is 16.1. The van der Waals surface area contributed by atoms with Crippen LogP contribution in [0.1, 0.15) is 45.6 Å². The third kappa shape index (κ3) is 2.21. The number of ketones is 1. The van der Waals surface area contributed by atoms with E-state index in [1.807, 2.05) is 25.1 Å². The molecule has 0 spiro atoms. The number of rotatable bonds is 2. The van der Waals surface area contributed by atoms with Crippen molar-refractivity contribution >= 4 is 11.5 Å². The quantitative estimate of drug-likeness (QED) is 0.867. The predicted molar refractivity (Wildman–Crippen MR) is 89.4 cm³/mol. The SMILES string of the molecule is Cc1cccnc1C(=O)c1cc2c3c(c1O)CCCN3CCC2. The number of aromatic nitrogens is 1. The molecule has 1 aromatic heterocycles. The van der Waals surface area contributed by atoms with Gasteiger partial charge in [-0.05, 0) is 55.9 Å². The molecule has 118 valence electrons. The Hall–Kier alpha value is -2.36. The number of nitrogens with zero attached hydrogens (tertiary/aromatic N) is 2. The molecule has 0 bridgehead atoms. The second-order valence-corrected chi connectivity index (χ2v) is 6.45. The molecule has 0 atom stereocenters. The summed E-state index contributed by atoms with van der Waals surface area (Å²) < 4.78 is 0. The first-order valence-electron chi connectivity index (χ1n) is 8.26. The van der Waals surface area contributed by atoms with Gasteiger partial charge in [0.15, 0.2) is 0 Å². The Morgan fingerprint density at radius 2 is 2.04 bits per heavy atom. The van der Waals surface area contributed by atoms with Crippen molar-refractivity contribution in [2.24, 2.45) is 0 Å². The van der Waals surface area contributed by atoms with Crippen LogP contribution in [0.4, 0.5) is 5.69 Å². The molecule has 1 N–H and O–H groups in total. The number of phenolic OH excluding ortho intramolecular Hbond substituents is 1. The lowest BCUT2D eigenvalue weighted by Crippen LogP contribution is -2.34. The van der Waals surface area contributed by atoms with Gasteiger partial charge in [-0.25, -0.2) is 0 Å². The van der Waals surface area contributed by atoms with Gasteiger partial charge in [0.05, 0.1) is 5.56 Å². The number of aryl methyl sites for hydroxylation is 2. The molecule has 3 heterocycles. The maximum atomic E-state index is 12.9. The summed E-state index contributed by atoms with van der Waals surface area (Å²) >= 11 is 0. The Bertz CT molecular complexity index is 796. The van der Waals surface area contributed by atoms with Gasteiger partial charge in [0.25, 0.3) is 0 Å². The van der Waals surface area contributed by atoms with E-state index < -0.39 is 0 Å². The number of aromatic hydroxyl groups is 1. The summed E-state index contributed by atoms with van der Waals surface area (Å²) in [6, 6.07) is 5.59. The Balaban J connectivity index is 1.88. The molecule has 1 aromatic carbocycles. The van der Waals surface area contributed by atoms with Crippen molar-refractivity contribution in [2.75, 3.05) is 18.0 Å². The summed E-state index contributed by atoms with van der Waals surface area (Å²) in [4.78, 5) is 19.5. The van der Waals surface area contributed by atoms with E-state index in [1.165, 1.54) is 11.3 Å². The number of pyridine rings is 1. The first kappa shape index (κ1) is 14.2. The third-order valence-corrected chi connectivity index (χ3v) is 4.96. The lowest BCUT2D eigenvalue weighted by molar-refractivity contribution is 0.103. The van der Waals surface area contributed by atoms with E-state index in [0.29, 0.717) is 11.3 Å². The summed E-state index contributed by atoms with van der Waals surface area (Å²) in [6.45, 7) is 3.97. The molecule has 4 nitrogen and oxygen atoms in total. The fourth-order valence-corrected chi connectivity index (χ4v) is 3.87. The van der Waals surface area contributed by atoms with Crippen LogP contribution in [0.2, 0.25) is 0 Å². The van der Waals surface area contributed by atoms with Crippen molar-refractivity contribution in [1.29, 1.82) is 0 Å². The van der Waals surface area contributed by atoms with Crippen molar-refractivity contribution in [1.82, 2.24) is 4.98 Å². The predicted octanol–water partition coefficient (Wildman–Crippen LogP) is 3.03. The standard InChI is InChI=1S/C19H20N2O2/c1-12-5-2-8-20-16(12)19(23)15-11-13-6-3-9-21-10-4-7-14(17(13)21)18(15)22/h2,5,8,11,22H,3-4,6-7,9-10H2,1H3. The number of benzene rings is 1. The van der Waals surface area contributed by atoms with Crippen LogP contribution in [0.3, 0.4) is 0 Å². The summed E-state index contributed by atoms with van der Waals surface area (Å²) in [5, 5.41) is 10.7. The van der Waals surface area contributed by atoms with Gasteiger partial charge in [0, 0.05) is 30.5 Å². The van der Waals surface area contributed by atoms with Crippen LogP contribution in [-0.4, -0.2) is 29.0 Å². The highest BCUT2D eigenvalue weighted by atomic mass is 16.3. The molecule has 2 aliphatic heterocycles. The van der Waals surface area contributed by atoms with Gasteiger partial charge in [0.2, 0.25) is 5.78 Å². The van der Waals surface area contributed by atoms with Crippen LogP contribution in [-0.2, 0) is 12.8 Å². The van der Waals surface area contributed by atoms with Crippen LogP contribution in [0.25, 0.3) is 0 Å². The minimum Gasteiger partial charge on any atom is -0.507 e. The van der Waals surface area contributed by atoms with E-state index in [4.69, 9.17) is 0 Å². The highest BCUT2D eigenvalue weighted by molar-refractivity contribution is 6.11. The van der Waals surface area contributed by atoms with Gasteiger partial charge in [-0.3, -0.25) is 9.78 Å². The van der Waals surface area contributed by atoms with E-state index in [-0.39, 0.29) is 11.5 Å². The molecule has 2 aromatic rings. The van der Waals surface area contributed by atoms with Gasteiger partial charge in [-0.15, -0.1) is 0 Å². The molecule has 2 aliphatic rings. The number of phenols is 1. The molecular formula is C19H20N2O2. The molecule has 0 saturated carbocycles. The van der Waals surface area contributed by atoms with E-state index in [1.54, 1.807) is 6.20 Å². The van der Waals surface area contributed by atoms with Crippen molar-refractivity contribution in [3.05, 3.63) is 52.3 Å². The van der Waals surface area contributed by atoms with E-state index in [9.17, 15) is 9.90 Å². The summed E-state index contributed by atoms with van der Waals surface area (Å²) in [7, 11) is 0. The van der Waals surface area contributed by atoms with Gasteiger partial charge >= 0.3 is 0 Å². The van der Waals surface area contributed by atoms with E-state index >= 15 is 0 Å². The molecule has 0 unspecified atom stereocenters. The third-order valence-electron chi connectivity index (χ3n) is 4.96. The Labute approximate surface area is 135 Å². The highest BCUT2D eigenvalue weighted by Gasteiger charge is 2.30. The summed E-state index contributed by atoms with van der Waals surface area (Å²) in [5.74, 6) is -0.0206. The monoisotopic (exact) mass is 308 g/mol. The fraction of sp³-hybridized carbons (Fsp3) is 0.368. The average Bonchev–Trinajstić information content (AvgIpc) is 2.58. The fourth-order valence-electron chi connectivity index (χ4n) is 3.87. The topological polar surface area (TPSA) is 53.4 Å². The van der Waals surface area contributed by atoms with Crippen LogP contribution in [0, 0.1) is 6.92 Å². The smallest absolute Gasteiger partial charge is 0.215 e. The zero-order valence-electron chi connectivity index (χ0n) is 13.3. The lowest BCUT2D eigenvalue weighted by atomic mass is 9.87. The van der Waals surface area contributed by atoms with Crippen LogP contribution < -0.4 is 4.90 Å². The van der Waals surface area contributed by atoms with Crippen LogP contribution >= 0.6 is 0 Å². The molecule has 0 amide bonds. The number of anilines is 1. The van der Waals surface area contributed by atoms with Crippen molar-refractivity contribution in [3.8, 4) is 5.75 Å². The molecule has 0 saturated heterocycles. The second-order valence-electron chi connectivity index (χ2n) is 6.45. The van der Waals surface area contributed by atoms with Crippen LogP contribution in [0.15, 0.2) is 24.4 Å². The molecule has 0 fully saturated rings. The first-order chi connectivity index (χ1) is 11.2. The van der Waals surface area contributed by atoms with Gasteiger partial charge in [0.1, 0.15) is 11.4 Å². The van der Waals surface area contributed by atoms with Gasteiger partial charge in [-0.2, -0.15) is 0 Å². The van der Waals surface area contributed by atoms with Crippen molar-refractivity contribution < 1.29 is 9.90 Å². The Morgan fingerprint density at radius 3 is 2.83 bits per heavy atom. The molecule has 23 heavy (non-hydrogen) atoms. The molecule has 4 heteroatoms. The van der Waals surface area contributed by atoms with Crippen molar-refractivity contribution in [2.45, 2.75) is 32.6 Å². The molecule has 0 aliphatic carbocycles. The first-order valence-corrected chi connectivity index (χ1v) is 8.26. The highest BCUT2D eigenvalue weighted by Crippen LogP contribution is 2.42. The largest absolute Gasteiger partial charge is 0.507 e. The lowest BCUT2D eigenvalue weighted by Gasteiger charge is -2.37. The molecule has 0 radical (unpaired) electrons.